The highest BCUT2D eigenvalue weighted by Gasteiger charge is 2.24. The van der Waals surface area contributed by atoms with Gasteiger partial charge in [-0.2, -0.15) is 0 Å². The van der Waals surface area contributed by atoms with Crippen LogP contribution in [0.25, 0.3) is 0 Å². The average Bonchev–Trinajstić information content (AvgIpc) is 2.36. The molecule has 19 heavy (non-hydrogen) atoms. The fourth-order valence-corrected chi connectivity index (χ4v) is 2.19. The molecule has 1 aromatic rings. The first-order chi connectivity index (χ1) is 9.31. The lowest BCUT2D eigenvalue weighted by Crippen LogP contribution is -2.34. The largest absolute Gasteiger partial charge is 0.377 e. The Balaban J connectivity index is 1.85. The molecule has 0 radical (unpaired) electrons. The SMILES string of the molecule is CCCOCc1ccccc1CNC(=O)C1CCC1. The Labute approximate surface area is 115 Å². The molecule has 1 aliphatic rings. The summed E-state index contributed by atoms with van der Waals surface area (Å²) in [6.45, 7) is 4.12. The van der Waals surface area contributed by atoms with Gasteiger partial charge in [-0.25, -0.2) is 0 Å². The first-order valence-electron chi connectivity index (χ1n) is 7.23. The highest BCUT2D eigenvalue weighted by atomic mass is 16.5. The Morgan fingerprint density at radius 1 is 1.32 bits per heavy atom. The molecule has 1 aromatic carbocycles. The van der Waals surface area contributed by atoms with E-state index < -0.39 is 0 Å². The molecule has 0 heterocycles. The zero-order valence-corrected chi connectivity index (χ0v) is 11.7. The maximum absolute atomic E-state index is 11.8. The predicted molar refractivity (Wildman–Crippen MR) is 75.6 cm³/mol. The maximum Gasteiger partial charge on any atom is 0.223 e. The Morgan fingerprint density at radius 3 is 2.68 bits per heavy atom. The smallest absolute Gasteiger partial charge is 0.223 e. The molecule has 1 aliphatic carbocycles. The molecule has 0 bridgehead atoms. The molecule has 2 rings (SSSR count). The van der Waals surface area contributed by atoms with Crippen LogP contribution in [0.1, 0.15) is 43.7 Å². The summed E-state index contributed by atoms with van der Waals surface area (Å²) in [6, 6.07) is 8.15. The molecular weight excluding hydrogens is 238 g/mol. The Kier molecular flexibility index (Phi) is 5.40. The second-order valence-corrected chi connectivity index (χ2v) is 5.17. The normalized spacial score (nSPS) is 15.0. The fraction of sp³-hybridized carbons (Fsp3) is 0.562. The van der Waals surface area contributed by atoms with Crippen molar-refractivity contribution in [1.29, 1.82) is 0 Å². The molecule has 1 saturated carbocycles. The van der Waals surface area contributed by atoms with Crippen molar-refractivity contribution in [2.75, 3.05) is 6.61 Å². The first kappa shape index (κ1) is 14.1. The van der Waals surface area contributed by atoms with Gasteiger partial charge in [-0.3, -0.25) is 4.79 Å². The standard InChI is InChI=1S/C16H23NO2/c1-2-10-19-12-15-7-4-3-6-14(15)11-17-16(18)13-8-5-9-13/h3-4,6-7,13H,2,5,8-12H2,1H3,(H,17,18). The van der Waals surface area contributed by atoms with Crippen LogP contribution < -0.4 is 5.32 Å². The van der Waals surface area contributed by atoms with Gasteiger partial charge in [0.1, 0.15) is 0 Å². The summed E-state index contributed by atoms with van der Waals surface area (Å²) in [5.74, 6) is 0.457. The third-order valence-electron chi connectivity index (χ3n) is 3.65. The van der Waals surface area contributed by atoms with Gasteiger partial charge in [0.15, 0.2) is 0 Å². The van der Waals surface area contributed by atoms with Crippen molar-refractivity contribution in [2.45, 2.75) is 45.8 Å². The van der Waals surface area contributed by atoms with Gasteiger partial charge in [-0.15, -0.1) is 0 Å². The molecule has 3 heteroatoms. The Bertz CT molecular complexity index is 413. The molecule has 1 N–H and O–H groups in total. The van der Waals surface area contributed by atoms with Gasteiger partial charge in [-0.05, 0) is 30.4 Å². The van der Waals surface area contributed by atoms with Crippen LogP contribution in [0.5, 0.6) is 0 Å². The second-order valence-electron chi connectivity index (χ2n) is 5.17. The number of hydrogen-bond acceptors (Lipinski definition) is 2. The van der Waals surface area contributed by atoms with Gasteiger partial charge in [0, 0.05) is 19.1 Å². The third-order valence-corrected chi connectivity index (χ3v) is 3.65. The summed E-state index contributed by atoms with van der Waals surface area (Å²) < 4.78 is 5.58. The summed E-state index contributed by atoms with van der Waals surface area (Å²) in [6.07, 6.45) is 4.32. The van der Waals surface area contributed by atoms with Gasteiger partial charge in [-0.1, -0.05) is 37.6 Å². The highest BCUT2D eigenvalue weighted by Crippen LogP contribution is 2.26. The Morgan fingerprint density at radius 2 is 2.05 bits per heavy atom. The molecule has 0 atom stereocenters. The molecule has 0 saturated heterocycles. The zero-order chi connectivity index (χ0) is 13.5. The summed E-state index contributed by atoms with van der Waals surface area (Å²) in [5, 5.41) is 3.04. The molecule has 0 aliphatic heterocycles. The van der Waals surface area contributed by atoms with Crippen molar-refractivity contribution < 1.29 is 9.53 Å². The van der Waals surface area contributed by atoms with Crippen LogP contribution >= 0.6 is 0 Å². The van der Waals surface area contributed by atoms with Gasteiger partial charge in [0.2, 0.25) is 5.91 Å². The third kappa shape index (κ3) is 4.06. The van der Waals surface area contributed by atoms with Crippen LogP contribution in [0.15, 0.2) is 24.3 Å². The lowest BCUT2D eigenvalue weighted by Gasteiger charge is -2.24. The Hall–Kier alpha value is -1.35. The average molecular weight is 261 g/mol. The van der Waals surface area contributed by atoms with E-state index in [2.05, 4.69) is 24.4 Å². The van der Waals surface area contributed by atoms with E-state index in [1.807, 2.05) is 12.1 Å². The fourth-order valence-electron chi connectivity index (χ4n) is 2.19. The van der Waals surface area contributed by atoms with Gasteiger partial charge in [0.25, 0.3) is 0 Å². The number of amides is 1. The summed E-state index contributed by atoms with van der Waals surface area (Å²) >= 11 is 0. The number of nitrogens with one attached hydrogen (secondary N) is 1. The molecule has 0 spiro atoms. The van der Waals surface area contributed by atoms with Crippen molar-refractivity contribution in [3.63, 3.8) is 0 Å². The van der Waals surface area contributed by atoms with E-state index in [4.69, 9.17) is 4.74 Å². The lowest BCUT2D eigenvalue weighted by atomic mass is 9.85. The minimum atomic E-state index is 0.204. The highest BCUT2D eigenvalue weighted by molar-refractivity contribution is 5.79. The minimum absolute atomic E-state index is 0.204. The van der Waals surface area contributed by atoms with Crippen LogP contribution in [-0.4, -0.2) is 12.5 Å². The zero-order valence-electron chi connectivity index (χ0n) is 11.7. The van der Waals surface area contributed by atoms with Gasteiger partial charge < -0.3 is 10.1 Å². The summed E-state index contributed by atoms with van der Waals surface area (Å²) in [4.78, 5) is 11.8. The molecule has 104 valence electrons. The molecule has 1 fully saturated rings. The summed E-state index contributed by atoms with van der Waals surface area (Å²) in [5.41, 5.74) is 2.33. The van der Waals surface area contributed by atoms with Crippen LogP contribution in [0.3, 0.4) is 0 Å². The van der Waals surface area contributed by atoms with Crippen molar-refractivity contribution in [3.05, 3.63) is 35.4 Å². The number of carbonyl (C=O) groups is 1. The lowest BCUT2D eigenvalue weighted by molar-refractivity contribution is -0.127. The van der Waals surface area contributed by atoms with E-state index >= 15 is 0 Å². The van der Waals surface area contributed by atoms with E-state index in [9.17, 15) is 4.79 Å². The minimum Gasteiger partial charge on any atom is -0.377 e. The van der Waals surface area contributed by atoms with Crippen molar-refractivity contribution in [3.8, 4) is 0 Å². The molecule has 3 nitrogen and oxygen atoms in total. The number of carbonyl (C=O) groups excluding carboxylic acids is 1. The van der Waals surface area contributed by atoms with E-state index in [0.29, 0.717) is 13.2 Å². The predicted octanol–water partition coefficient (Wildman–Crippen LogP) is 3.03. The van der Waals surface area contributed by atoms with Crippen LogP contribution in [0, 0.1) is 5.92 Å². The molecular formula is C16H23NO2. The maximum atomic E-state index is 11.8. The van der Waals surface area contributed by atoms with Crippen LogP contribution in [0.4, 0.5) is 0 Å². The van der Waals surface area contributed by atoms with E-state index in [1.165, 1.54) is 12.0 Å². The van der Waals surface area contributed by atoms with Crippen LogP contribution in [0.2, 0.25) is 0 Å². The van der Waals surface area contributed by atoms with Gasteiger partial charge >= 0.3 is 0 Å². The van der Waals surface area contributed by atoms with Gasteiger partial charge in [0.05, 0.1) is 6.61 Å². The second kappa shape index (κ2) is 7.29. The number of hydrogen-bond donors (Lipinski definition) is 1. The van der Waals surface area contributed by atoms with E-state index in [1.54, 1.807) is 0 Å². The quantitative estimate of drug-likeness (QED) is 0.766. The van der Waals surface area contributed by atoms with Crippen LogP contribution in [-0.2, 0) is 22.7 Å². The monoisotopic (exact) mass is 261 g/mol. The number of ether oxygens (including phenoxy) is 1. The molecule has 0 aromatic heterocycles. The summed E-state index contributed by atoms with van der Waals surface area (Å²) in [7, 11) is 0. The van der Waals surface area contributed by atoms with Crippen molar-refractivity contribution in [1.82, 2.24) is 5.32 Å². The first-order valence-corrected chi connectivity index (χ1v) is 7.23. The number of rotatable bonds is 7. The van der Waals surface area contributed by atoms with Crippen molar-refractivity contribution in [2.24, 2.45) is 5.92 Å². The molecule has 1 amide bonds. The topological polar surface area (TPSA) is 38.3 Å². The molecule has 0 unspecified atom stereocenters. The van der Waals surface area contributed by atoms with E-state index in [-0.39, 0.29) is 11.8 Å². The van der Waals surface area contributed by atoms with Crippen molar-refractivity contribution >= 4 is 5.91 Å². The van der Waals surface area contributed by atoms with E-state index in [0.717, 1.165) is 31.4 Å². The number of benzene rings is 1.